The van der Waals surface area contributed by atoms with Gasteiger partial charge in [-0.1, -0.05) is 23.8 Å². The predicted octanol–water partition coefficient (Wildman–Crippen LogP) is 3.48. The summed E-state index contributed by atoms with van der Waals surface area (Å²) in [6.07, 6.45) is 4.37. The van der Waals surface area contributed by atoms with Crippen molar-refractivity contribution in [1.29, 1.82) is 0 Å². The molecule has 0 radical (unpaired) electrons. The molecular weight excluding hydrogens is 464 g/mol. The number of hydrogen-bond donors (Lipinski definition) is 1. The zero-order valence-corrected chi connectivity index (χ0v) is 22.0. The smallest absolute Gasteiger partial charge is 0.162 e. The first kappa shape index (κ1) is 24.1. The fourth-order valence-corrected chi connectivity index (χ4v) is 5.46. The first-order valence-electron chi connectivity index (χ1n) is 13.3. The van der Waals surface area contributed by atoms with Crippen LogP contribution in [-0.4, -0.2) is 94.1 Å². The Balaban J connectivity index is 1.32. The van der Waals surface area contributed by atoms with Gasteiger partial charge < -0.3 is 19.5 Å². The fourth-order valence-electron chi connectivity index (χ4n) is 5.46. The molecule has 1 aromatic carbocycles. The van der Waals surface area contributed by atoms with Crippen molar-refractivity contribution >= 4 is 16.9 Å². The van der Waals surface area contributed by atoms with E-state index in [4.69, 9.17) is 19.8 Å². The summed E-state index contributed by atoms with van der Waals surface area (Å²) < 4.78 is 7.50. The van der Waals surface area contributed by atoms with Crippen molar-refractivity contribution < 1.29 is 4.74 Å². The molecule has 0 bridgehead atoms. The first-order valence-corrected chi connectivity index (χ1v) is 13.3. The second-order valence-corrected chi connectivity index (χ2v) is 10.5. The third-order valence-electron chi connectivity index (χ3n) is 7.62. The van der Waals surface area contributed by atoms with Crippen molar-refractivity contribution in [3.05, 3.63) is 54.0 Å². The van der Waals surface area contributed by atoms with Gasteiger partial charge in [-0.05, 0) is 46.0 Å². The summed E-state index contributed by atoms with van der Waals surface area (Å²) in [7, 11) is 4.36. The van der Waals surface area contributed by atoms with Crippen molar-refractivity contribution in [1.82, 2.24) is 34.5 Å². The van der Waals surface area contributed by atoms with Crippen LogP contribution in [0.2, 0.25) is 0 Å². The molecule has 0 unspecified atom stereocenters. The van der Waals surface area contributed by atoms with Crippen molar-refractivity contribution in [2.45, 2.75) is 32.4 Å². The number of nitrogens with zero attached hydrogens (tertiary/aromatic N) is 7. The first-order chi connectivity index (χ1) is 18.0. The van der Waals surface area contributed by atoms with Gasteiger partial charge in [0.25, 0.3) is 0 Å². The van der Waals surface area contributed by atoms with E-state index < -0.39 is 0 Å². The van der Waals surface area contributed by atoms with E-state index in [2.05, 4.69) is 71.0 Å². The lowest BCUT2D eigenvalue weighted by Gasteiger charge is -2.34. The van der Waals surface area contributed by atoms with Crippen LogP contribution >= 0.6 is 0 Å². The number of imidazole rings is 1. The molecule has 3 aromatic heterocycles. The van der Waals surface area contributed by atoms with Gasteiger partial charge in [0.15, 0.2) is 11.5 Å². The average molecular weight is 501 g/mol. The number of aromatic amines is 1. The number of aromatic nitrogens is 5. The maximum absolute atomic E-state index is 5.63. The van der Waals surface area contributed by atoms with Crippen LogP contribution in [0.3, 0.4) is 0 Å². The van der Waals surface area contributed by atoms with Gasteiger partial charge in [-0.2, -0.15) is 5.10 Å². The Bertz CT molecular complexity index is 1360. The Morgan fingerprint density at radius 3 is 2.59 bits per heavy atom. The van der Waals surface area contributed by atoms with E-state index in [1.165, 1.54) is 18.4 Å². The van der Waals surface area contributed by atoms with Crippen molar-refractivity contribution in [3.63, 3.8) is 0 Å². The van der Waals surface area contributed by atoms with E-state index in [0.29, 0.717) is 6.04 Å². The van der Waals surface area contributed by atoms with Crippen molar-refractivity contribution in [3.8, 4) is 17.1 Å². The molecule has 0 spiro atoms. The summed E-state index contributed by atoms with van der Waals surface area (Å²) in [6, 6.07) is 13.3. The number of H-pyrrole nitrogens is 1. The van der Waals surface area contributed by atoms with Crippen LogP contribution in [0.25, 0.3) is 28.2 Å². The molecule has 2 saturated heterocycles. The highest BCUT2D eigenvalue weighted by molar-refractivity contribution is 5.87. The van der Waals surface area contributed by atoms with E-state index in [9.17, 15) is 0 Å². The van der Waals surface area contributed by atoms with Gasteiger partial charge >= 0.3 is 0 Å². The minimum atomic E-state index is 0.669. The Hall–Kier alpha value is -3.27. The van der Waals surface area contributed by atoms with E-state index in [-0.39, 0.29) is 0 Å². The topological polar surface area (TPSA) is 78.3 Å². The van der Waals surface area contributed by atoms with Crippen LogP contribution in [0, 0.1) is 6.92 Å². The van der Waals surface area contributed by atoms with E-state index >= 15 is 0 Å². The molecule has 194 valence electrons. The van der Waals surface area contributed by atoms with E-state index in [0.717, 1.165) is 85.7 Å². The highest BCUT2D eigenvalue weighted by Crippen LogP contribution is 2.29. The minimum Gasteiger partial charge on any atom is -0.378 e. The summed E-state index contributed by atoms with van der Waals surface area (Å²) in [5.74, 6) is 1.76. The van der Waals surface area contributed by atoms with Crippen LogP contribution in [-0.2, 0) is 11.3 Å². The molecule has 0 saturated carbocycles. The summed E-state index contributed by atoms with van der Waals surface area (Å²) in [5, 5.41) is 4.87. The number of nitrogens with one attached hydrogen (secondary N) is 1. The van der Waals surface area contributed by atoms with Crippen LogP contribution in [0.15, 0.2) is 42.6 Å². The molecule has 9 nitrogen and oxygen atoms in total. The number of benzene rings is 1. The molecule has 6 rings (SSSR count). The number of anilines is 1. The van der Waals surface area contributed by atoms with Gasteiger partial charge in [0, 0.05) is 50.0 Å². The number of aryl methyl sites for hydroxylation is 1. The maximum atomic E-state index is 5.63. The normalized spacial score (nSPS) is 17.8. The molecule has 37 heavy (non-hydrogen) atoms. The standard InChI is InChI=1S/C28H36N8O/c1-20-5-4-6-21(17-20)23-9-12-36(32-23)26-18-24(35-13-15-37-16-14-35)27-28(31-26)30-25(29-27)19-34-10-7-22(8-11-34)33(2)3/h4-6,9,12,17-18,22H,7-8,10-11,13-16,19H2,1-3H3,(H,29,30,31). The van der Waals surface area contributed by atoms with Gasteiger partial charge in [0.2, 0.25) is 0 Å². The monoisotopic (exact) mass is 500 g/mol. The van der Waals surface area contributed by atoms with Crippen LogP contribution in [0.1, 0.15) is 24.2 Å². The zero-order chi connectivity index (χ0) is 25.4. The Labute approximate surface area is 218 Å². The quantitative estimate of drug-likeness (QED) is 0.434. The second-order valence-electron chi connectivity index (χ2n) is 10.5. The number of hydrogen-bond acceptors (Lipinski definition) is 7. The SMILES string of the molecule is Cc1cccc(-c2ccn(-c3cc(N4CCOCC4)c4nc(CN5CCC(N(C)C)CC5)[nH]c4n3)n2)c1. The summed E-state index contributed by atoms with van der Waals surface area (Å²) in [4.78, 5) is 20.8. The summed E-state index contributed by atoms with van der Waals surface area (Å²) in [6.45, 7) is 8.21. The number of rotatable bonds is 6. The Morgan fingerprint density at radius 2 is 1.84 bits per heavy atom. The molecule has 2 aliphatic heterocycles. The van der Waals surface area contributed by atoms with Gasteiger partial charge in [-0.3, -0.25) is 4.90 Å². The maximum Gasteiger partial charge on any atom is 0.162 e. The number of morpholine rings is 1. The highest BCUT2D eigenvalue weighted by Gasteiger charge is 2.23. The van der Waals surface area contributed by atoms with Crippen LogP contribution in [0.5, 0.6) is 0 Å². The minimum absolute atomic E-state index is 0.669. The third kappa shape index (κ3) is 5.12. The van der Waals surface area contributed by atoms with Gasteiger partial charge in [-0.15, -0.1) is 0 Å². The van der Waals surface area contributed by atoms with Crippen LogP contribution < -0.4 is 4.90 Å². The molecule has 2 aliphatic rings. The molecule has 9 heteroatoms. The third-order valence-corrected chi connectivity index (χ3v) is 7.62. The van der Waals surface area contributed by atoms with Crippen molar-refractivity contribution in [2.75, 3.05) is 58.4 Å². The van der Waals surface area contributed by atoms with Gasteiger partial charge in [-0.25, -0.2) is 14.6 Å². The highest BCUT2D eigenvalue weighted by atomic mass is 16.5. The molecule has 5 heterocycles. The summed E-state index contributed by atoms with van der Waals surface area (Å²) >= 11 is 0. The number of ether oxygens (including phenoxy) is 1. The number of fused-ring (bicyclic) bond motifs is 1. The van der Waals surface area contributed by atoms with E-state index in [1.807, 2.05) is 16.9 Å². The number of likely N-dealkylation sites (tertiary alicyclic amines) is 1. The van der Waals surface area contributed by atoms with Crippen LogP contribution in [0.4, 0.5) is 5.69 Å². The predicted molar refractivity (Wildman–Crippen MR) is 146 cm³/mol. The Kier molecular flexibility index (Phi) is 6.67. The number of piperidine rings is 1. The molecular formula is C28H36N8O. The number of pyridine rings is 1. The Morgan fingerprint density at radius 1 is 1.03 bits per heavy atom. The lowest BCUT2D eigenvalue weighted by molar-refractivity contribution is 0.123. The molecule has 0 atom stereocenters. The molecule has 4 aromatic rings. The van der Waals surface area contributed by atoms with Gasteiger partial charge in [0.05, 0.1) is 31.1 Å². The fraction of sp³-hybridized carbons (Fsp3) is 0.464. The molecule has 2 fully saturated rings. The summed E-state index contributed by atoms with van der Waals surface area (Å²) in [5.41, 5.74) is 6.08. The lowest BCUT2D eigenvalue weighted by atomic mass is 10.0. The zero-order valence-electron chi connectivity index (χ0n) is 22.0. The second kappa shape index (κ2) is 10.2. The largest absolute Gasteiger partial charge is 0.378 e. The molecule has 0 amide bonds. The van der Waals surface area contributed by atoms with E-state index in [1.54, 1.807) is 0 Å². The average Bonchev–Trinajstić information content (AvgIpc) is 3.56. The molecule has 0 aliphatic carbocycles. The van der Waals surface area contributed by atoms with Crippen molar-refractivity contribution in [2.24, 2.45) is 0 Å². The lowest BCUT2D eigenvalue weighted by Crippen LogP contribution is -2.41. The molecule has 1 N–H and O–H groups in total. The van der Waals surface area contributed by atoms with Gasteiger partial charge in [0.1, 0.15) is 11.3 Å².